The van der Waals surface area contributed by atoms with E-state index in [-0.39, 0.29) is 0 Å². The maximum Gasteiger partial charge on any atom is 0.241 e. The number of thiophene rings is 1. The standard InChI is InChI=1S/C15H26N2O2S2/c1-3-8-16-11-14-9-15(12(2)20-14)21(18,19)17-10-13-6-4-5-7-13/h9,13,16-17H,3-8,10-11H2,1-2H3. The summed E-state index contributed by atoms with van der Waals surface area (Å²) in [6.45, 7) is 6.30. The van der Waals surface area contributed by atoms with E-state index in [0.29, 0.717) is 17.4 Å². The topological polar surface area (TPSA) is 58.2 Å². The largest absolute Gasteiger partial charge is 0.312 e. The molecule has 0 atom stereocenters. The van der Waals surface area contributed by atoms with Crippen LogP contribution in [0.2, 0.25) is 0 Å². The Morgan fingerprint density at radius 3 is 2.71 bits per heavy atom. The molecule has 0 amide bonds. The van der Waals surface area contributed by atoms with Crippen molar-refractivity contribution in [1.29, 1.82) is 0 Å². The molecule has 0 radical (unpaired) electrons. The van der Waals surface area contributed by atoms with Crippen LogP contribution >= 0.6 is 11.3 Å². The smallest absolute Gasteiger partial charge is 0.241 e. The van der Waals surface area contributed by atoms with Crippen molar-refractivity contribution in [2.24, 2.45) is 5.92 Å². The lowest BCUT2D eigenvalue weighted by molar-refractivity contribution is 0.519. The summed E-state index contributed by atoms with van der Waals surface area (Å²) in [5.74, 6) is 0.518. The zero-order valence-corrected chi connectivity index (χ0v) is 14.6. The quantitative estimate of drug-likeness (QED) is 0.720. The summed E-state index contributed by atoms with van der Waals surface area (Å²) in [7, 11) is -3.36. The molecule has 21 heavy (non-hydrogen) atoms. The zero-order chi connectivity index (χ0) is 15.3. The first-order valence-electron chi connectivity index (χ1n) is 7.82. The summed E-state index contributed by atoms with van der Waals surface area (Å²) < 4.78 is 27.7. The lowest BCUT2D eigenvalue weighted by atomic mass is 10.1. The minimum Gasteiger partial charge on any atom is -0.312 e. The Bertz CT molecular complexity index is 546. The number of nitrogens with one attached hydrogen (secondary N) is 2. The molecule has 0 spiro atoms. The first-order chi connectivity index (χ1) is 10.0. The second-order valence-corrected chi connectivity index (χ2v) is 8.89. The number of sulfonamides is 1. The van der Waals surface area contributed by atoms with Crippen LogP contribution in [-0.2, 0) is 16.6 Å². The third kappa shape index (κ3) is 4.77. The van der Waals surface area contributed by atoms with Crippen LogP contribution in [-0.4, -0.2) is 21.5 Å². The van der Waals surface area contributed by atoms with Crippen molar-refractivity contribution < 1.29 is 8.42 Å². The average Bonchev–Trinajstić information content (AvgIpc) is 3.07. The molecule has 1 saturated carbocycles. The minimum atomic E-state index is -3.36. The first kappa shape index (κ1) is 16.9. The highest BCUT2D eigenvalue weighted by atomic mass is 32.2. The molecular formula is C15H26N2O2S2. The molecule has 0 unspecified atom stereocenters. The molecule has 1 fully saturated rings. The molecule has 0 bridgehead atoms. The summed E-state index contributed by atoms with van der Waals surface area (Å²) >= 11 is 1.57. The summed E-state index contributed by atoms with van der Waals surface area (Å²) in [6, 6.07) is 1.82. The van der Waals surface area contributed by atoms with Gasteiger partial charge in [-0.2, -0.15) is 0 Å². The molecule has 1 aromatic heterocycles. The lowest BCUT2D eigenvalue weighted by Gasteiger charge is -2.10. The molecule has 0 aromatic carbocycles. The molecule has 2 N–H and O–H groups in total. The van der Waals surface area contributed by atoms with Gasteiger partial charge in [0.05, 0.1) is 4.90 Å². The monoisotopic (exact) mass is 330 g/mol. The molecule has 0 saturated heterocycles. The van der Waals surface area contributed by atoms with Crippen LogP contribution in [0.1, 0.15) is 48.8 Å². The fourth-order valence-electron chi connectivity index (χ4n) is 2.79. The van der Waals surface area contributed by atoms with E-state index >= 15 is 0 Å². The molecule has 4 nitrogen and oxygen atoms in total. The highest BCUT2D eigenvalue weighted by Crippen LogP contribution is 2.27. The lowest BCUT2D eigenvalue weighted by Crippen LogP contribution is -2.28. The fraction of sp³-hybridized carbons (Fsp3) is 0.733. The Balaban J connectivity index is 1.97. The van der Waals surface area contributed by atoms with Crippen LogP contribution in [0.15, 0.2) is 11.0 Å². The summed E-state index contributed by atoms with van der Waals surface area (Å²) in [5.41, 5.74) is 0. The van der Waals surface area contributed by atoms with Gasteiger partial charge in [0.1, 0.15) is 0 Å². The van der Waals surface area contributed by atoms with Gasteiger partial charge in [0.2, 0.25) is 10.0 Å². The molecule has 2 rings (SSSR count). The van der Waals surface area contributed by atoms with Gasteiger partial charge < -0.3 is 5.32 Å². The van der Waals surface area contributed by atoms with Crippen molar-refractivity contribution in [3.63, 3.8) is 0 Å². The van der Waals surface area contributed by atoms with Gasteiger partial charge in [0.15, 0.2) is 0 Å². The average molecular weight is 331 g/mol. The van der Waals surface area contributed by atoms with Crippen LogP contribution in [0.3, 0.4) is 0 Å². The Morgan fingerprint density at radius 2 is 2.05 bits per heavy atom. The van der Waals surface area contributed by atoms with Crippen molar-refractivity contribution >= 4 is 21.4 Å². The molecule has 1 aliphatic rings. The normalized spacial score (nSPS) is 16.7. The van der Waals surface area contributed by atoms with Crippen molar-refractivity contribution in [1.82, 2.24) is 10.0 Å². The SMILES string of the molecule is CCCNCc1cc(S(=O)(=O)NCC2CCCC2)c(C)s1. The number of hydrogen-bond acceptors (Lipinski definition) is 4. The number of hydrogen-bond donors (Lipinski definition) is 2. The molecule has 0 aliphatic heterocycles. The second kappa shape index (κ2) is 7.72. The van der Waals surface area contributed by atoms with E-state index in [1.165, 1.54) is 12.8 Å². The summed E-state index contributed by atoms with van der Waals surface area (Å²) in [6.07, 6.45) is 5.85. The molecule has 120 valence electrons. The van der Waals surface area contributed by atoms with Gasteiger partial charge in [0.25, 0.3) is 0 Å². The minimum absolute atomic E-state index is 0.457. The van der Waals surface area contributed by atoms with Crippen LogP contribution in [0.5, 0.6) is 0 Å². The Kier molecular flexibility index (Phi) is 6.22. The van der Waals surface area contributed by atoms with Crippen molar-refractivity contribution in [2.45, 2.75) is 57.4 Å². The van der Waals surface area contributed by atoms with Gasteiger partial charge in [-0.15, -0.1) is 11.3 Å². The third-order valence-electron chi connectivity index (χ3n) is 3.98. The van der Waals surface area contributed by atoms with E-state index in [2.05, 4.69) is 17.0 Å². The van der Waals surface area contributed by atoms with Crippen LogP contribution in [0.4, 0.5) is 0 Å². The first-order valence-corrected chi connectivity index (χ1v) is 10.1. The molecule has 1 aliphatic carbocycles. The Labute approximate surface area is 132 Å². The van der Waals surface area contributed by atoms with Gasteiger partial charge in [-0.05, 0) is 44.7 Å². The maximum absolute atomic E-state index is 12.4. The van der Waals surface area contributed by atoms with E-state index < -0.39 is 10.0 Å². The van der Waals surface area contributed by atoms with E-state index in [1.807, 2.05) is 13.0 Å². The van der Waals surface area contributed by atoms with Crippen molar-refractivity contribution in [3.05, 3.63) is 15.8 Å². The zero-order valence-electron chi connectivity index (χ0n) is 12.9. The summed E-state index contributed by atoms with van der Waals surface area (Å²) in [4.78, 5) is 2.42. The van der Waals surface area contributed by atoms with E-state index in [0.717, 1.165) is 42.1 Å². The summed E-state index contributed by atoms with van der Waals surface area (Å²) in [5, 5.41) is 3.32. The van der Waals surface area contributed by atoms with Gasteiger partial charge in [-0.25, -0.2) is 13.1 Å². The van der Waals surface area contributed by atoms with Gasteiger partial charge in [0, 0.05) is 22.8 Å². The molecule has 6 heteroatoms. The van der Waals surface area contributed by atoms with Crippen molar-refractivity contribution in [3.8, 4) is 0 Å². The van der Waals surface area contributed by atoms with Crippen molar-refractivity contribution in [2.75, 3.05) is 13.1 Å². The predicted molar refractivity (Wildman–Crippen MR) is 88.2 cm³/mol. The highest BCUT2D eigenvalue weighted by molar-refractivity contribution is 7.89. The van der Waals surface area contributed by atoms with Crippen LogP contribution in [0, 0.1) is 12.8 Å². The Hall–Kier alpha value is -0.430. The van der Waals surface area contributed by atoms with Gasteiger partial charge >= 0.3 is 0 Å². The second-order valence-electron chi connectivity index (χ2n) is 5.81. The van der Waals surface area contributed by atoms with Crippen LogP contribution < -0.4 is 10.0 Å². The third-order valence-corrected chi connectivity index (χ3v) is 6.71. The Morgan fingerprint density at radius 1 is 1.33 bits per heavy atom. The maximum atomic E-state index is 12.4. The highest BCUT2D eigenvalue weighted by Gasteiger charge is 2.22. The number of rotatable bonds is 8. The molecule has 1 heterocycles. The predicted octanol–water partition coefficient (Wildman–Crippen LogP) is 3.02. The molecule has 1 aromatic rings. The fourth-order valence-corrected chi connectivity index (χ4v) is 5.51. The van der Waals surface area contributed by atoms with E-state index in [1.54, 1.807) is 11.3 Å². The van der Waals surface area contributed by atoms with Crippen LogP contribution in [0.25, 0.3) is 0 Å². The van der Waals surface area contributed by atoms with Gasteiger partial charge in [-0.1, -0.05) is 19.8 Å². The molecular weight excluding hydrogens is 304 g/mol. The van der Waals surface area contributed by atoms with Gasteiger partial charge in [-0.3, -0.25) is 0 Å². The number of aryl methyl sites for hydroxylation is 1. The van der Waals surface area contributed by atoms with E-state index in [4.69, 9.17) is 0 Å². The van der Waals surface area contributed by atoms with E-state index in [9.17, 15) is 8.42 Å².